The Morgan fingerprint density at radius 1 is 1.41 bits per heavy atom. The second-order valence-electron chi connectivity index (χ2n) is 4.75. The highest BCUT2D eigenvalue weighted by atomic mass is 32.1. The molecule has 0 aromatic carbocycles. The van der Waals surface area contributed by atoms with Crippen LogP contribution in [0.3, 0.4) is 0 Å². The van der Waals surface area contributed by atoms with Crippen molar-refractivity contribution in [3.8, 4) is 6.07 Å². The number of hydrogen-bond donors (Lipinski definition) is 1. The van der Waals surface area contributed by atoms with E-state index in [2.05, 4.69) is 36.8 Å². The third-order valence-corrected chi connectivity index (χ3v) is 4.64. The van der Waals surface area contributed by atoms with Crippen molar-refractivity contribution in [2.75, 3.05) is 30.8 Å². The first kappa shape index (κ1) is 12.2. The molecule has 17 heavy (non-hydrogen) atoms. The molecule has 2 rings (SSSR count). The minimum Gasteiger partial charge on any atom is -0.397 e. The molecule has 1 saturated heterocycles. The summed E-state index contributed by atoms with van der Waals surface area (Å²) in [4.78, 5) is 5.34. The maximum Gasteiger partial charge on any atom is 0.129 e. The molecule has 0 saturated carbocycles. The lowest BCUT2D eigenvalue weighted by atomic mass is 10.1. The van der Waals surface area contributed by atoms with E-state index in [0.29, 0.717) is 22.6 Å². The van der Waals surface area contributed by atoms with E-state index in [1.807, 2.05) is 6.07 Å². The third-order valence-electron chi connectivity index (χ3n) is 3.52. The summed E-state index contributed by atoms with van der Waals surface area (Å²) in [7, 11) is 2.16. The molecule has 1 aromatic rings. The molecule has 1 fully saturated rings. The van der Waals surface area contributed by atoms with Crippen molar-refractivity contribution in [3.05, 3.63) is 10.9 Å². The van der Waals surface area contributed by atoms with Crippen molar-refractivity contribution in [2.24, 2.45) is 0 Å². The minimum atomic E-state index is 0.521. The molecule has 0 radical (unpaired) electrons. The summed E-state index contributed by atoms with van der Waals surface area (Å²) in [5.74, 6) is 0. The molecular formula is C12H18N4S. The lowest BCUT2D eigenvalue weighted by Gasteiger charge is -2.42. The Labute approximate surface area is 106 Å². The Bertz CT molecular complexity index is 436. The Kier molecular flexibility index (Phi) is 3.27. The smallest absolute Gasteiger partial charge is 0.129 e. The molecule has 2 atom stereocenters. The molecule has 1 aliphatic rings. The molecule has 0 bridgehead atoms. The van der Waals surface area contributed by atoms with Gasteiger partial charge in [-0.1, -0.05) is 0 Å². The molecular weight excluding hydrogens is 232 g/mol. The van der Waals surface area contributed by atoms with E-state index in [1.54, 1.807) is 0 Å². The minimum absolute atomic E-state index is 0.521. The highest BCUT2D eigenvalue weighted by Gasteiger charge is 2.27. The summed E-state index contributed by atoms with van der Waals surface area (Å²) in [5.41, 5.74) is 6.41. The fourth-order valence-electron chi connectivity index (χ4n) is 2.22. The van der Waals surface area contributed by atoms with Gasteiger partial charge in [-0.25, -0.2) is 0 Å². The molecule has 4 nitrogen and oxygen atoms in total. The first-order valence-corrected chi connectivity index (χ1v) is 6.61. The number of nitrogens with two attached hydrogens (primary N) is 1. The summed E-state index contributed by atoms with van der Waals surface area (Å²) < 4.78 is 0. The van der Waals surface area contributed by atoms with Gasteiger partial charge < -0.3 is 10.6 Å². The molecule has 1 aliphatic heterocycles. The van der Waals surface area contributed by atoms with Crippen LogP contribution >= 0.6 is 11.3 Å². The predicted octanol–water partition coefficient (Wildman–Crippen LogP) is 1.73. The number of nitrogen functional groups attached to an aromatic ring is 1. The Morgan fingerprint density at radius 2 is 2.00 bits per heavy atom. The number of hydrogen-bond acceptors (Lipinski definition) is 5. The van der Waals surface area contributed by atoms with Gasteiger partial charge in [-0.05, 0) is 27.0 Å². The Hall–Kier alpha value is -1.25. The van der Waals surface area contributed by atoms with Gasteiger partial charge >= 0.3 is 0 Å². The monoisotopic (exact) mass is 250 g/mol. The van der Waals surface area contributed by atoms with Crippen molar-refractivity contribution < 1.29 is 0 Å². The van der Waals surface area contributed by atoms with E-state index in [0.717, 1.165) is 18.1 Å². The highest BCUT2D eigenvalue weighted by molar-refractivity contribution is 7.17. The molecule has 5 heteroatoms. The van der Waals surface area contributed by atoms with Crippen LogP contribution in [0.2, 0.25) is 0 Å². The van der Waals surface area contributed by atoms with E-state index in [9.17, 15) is 0 Å². The maximum absolute atomic E-state index is 8.93. The van der Waals surface area contributed by atoms with Gasteiger partial charge in [0, 0.05) is 25.2 Å². The topological polar surface area (TPSA) is 56.3 Å². The first-order chi connectivity index (χ1) is 8.02. The molecule has 0 amide bonds. The number of nitrogens with zero attached hydrogens (tertiary/aromatic N) is 3. The second-order valence-corrected chi connectivity index (χ2v) is 5.78. The fraction of sp³-hybridized carbons (Fsp3) is 0.583. The van der Waals surface area contributed by atoms with Crippen molar-refractivity contribution in [2.45, 2.75) is 25.9 Å². The van der Waals surface area contributed by atoms with Gasteiger partial charge in [-0.3, -0.25) is 4.90 Å². The Balaban J connectivity index is 2.20. The van der Waals surface area contributed by atoms with Crippen molar-refractivity contribution in [3.63, 3.8) is 0 Å². The lowest BCUT2D eigenvalue weighted by Crippen LogP contribution is -2.54. The van der Waals surface area contributed by atoms with Crippen LogP contribution in [0.25, 0.3) is 0 Å². The van der Waals surface area contributed by atoms with Gasteiger partial charge in [-0.15, -0.1) is 11.3 Å². The van der Waals surface area contributed by atoms with E-state index >= 15 is 0 Å². The van der Waals surface area contributed by atoms with Gasteiger partial charge in [0.15, 0.2) is 0 Å². The highest BCUT2D eigenvalue weighted by Crippen LogP contribution is 2.33. The van der Waals surface area contributed by atoms with Gasteiger partial charge in [0.2, 0.25) is 0 Å². The van der Waals surface area contributed by atoms with Crippen LogP contribution in [0, 0.1) is 11.3 Å². The predicted molar refractivity (Wildman–Crippen MR) is 72.3 cm³/mol. The number of anilines is 2. The molecule has 2 N–H and O–H groups in total. The van der Waals surface area contributed by atoms with Crippen LogP contribution in [0.4, 0.5) is 10.7 Å². The van der Waals surface area contributed by atoms with Crippen molar-refractivity contribution in [1.82, 2.24) is 4.90 Å². The maximum atomic E-state index is 8.93. The molecule has 92 valence electrons. The van der Waals surface area contributed by atoms with E-state index in [4.69, 9.17) is 11.0 Å². The zero-order valence-electron chi connectivity index (χ0n) is 10.5. The summed E-state index contributed by atoms with van der Waals surface area (Å²) in [6.45, 7) is 6.44. The number of nitriles is 1. The Morgan fingerprint density at radius 3 is 2.47 bits per heavy atom. The van der Waals surface area contributed by atoms with Crippen molar-refractivity contribution >= 4 is 22.0 Å². The van der Waals surface area contributed by atoms with Crippen LogP contribution < -0.4 is 10.6 Å². The zero-order valence-corrected chi connectivity index (χ0v) is 11.3. The summed E-state index contributed by atoms with van der Waals surface area (Å²) >= 11 is 1.49. The number of likely N-dealkylation sites (N-methyl/N-ethyl adjacent to an activating group) is 1. The largest absolute Gasteiger partial charge is 0.397 e. The standard InChI is InChI=1S/C12H18N4S/c1-8-6-16(7-9(2)15(8)3)12-4-10(14)11(5-13)17-12/h4,8-9H,6-7,14H2,1-3H3. The van der Waals surface area contributed by atoms with Crippen LogP contribution in [0.1, 0.15) is 18.7 Å². The van der Waals surface area contributed by atoms with Crippen molar-refractivity contribution in [1.29, 1.82) is 5.26 Å². The van der Waals surface area contributed by atoms with Crippen LogP contribution in [0.15, 0.2) is 6.07 Å². The van der Waals surface area contributed by atoms with E-state index < -0.39 is 0 Å². The SMILES string of the molecule is CC1CN(c2cc(N)c(C#N)s2)CC(C)N1C. The summed E-state index contributed by atoms with van der Waals surface area (Å²) in [6, 6.07) is 5.11. The molecule has 1 aromatic heterocycles. The van der Waals surface area contributed by atoms with Gasteiger partial charge in [0.05, 0.1) is 10.7 Å². The van der Waals surface area contributed by atoms with Crippen LogP contribution in [-0.4, -0.2) is 37.1 Å². The van der Waals surface area contributed by atoms with E-state index in [-0.39, 0.29) is 0 Å². The van der Waals surface area contributed by atoms with Gasteiger partial charge in [0.1, 0.15) is 10.9 Å². The average Bonchev–Trinajstić information content (AvgIpc) is 2.66. The summed E-state index contributed by atoms with van der Waals surface area (Å²) in [5, 5.41) is 10.0. The molecule has 2 heterocycles. The average molecular weight is 250 g/mol. The second kappa shape index (κ2) is 4.55. The quantitative estimate of drug-likeness (QED) is 0.824. The van der Waals surface area contributed by atoms with Crippen LogP contribution in [0.5, 0.6) is 0 Å². The van der Waals surface area contributed by atoms with E-state index in [1.165, 1.54) is 11.3 Å². The number of piperazine rings is 1. The fourth-order valence-corrected chi connectivity index (χ4v) is 3.11. The molecule has 2 unspecified atom stereocenters. The third kappa shape index (κ3) is 2.24. The van der Waals surface area contributed by atoms with Gasteiger partial charge in [-0.2, -0.15) is 5.26 Å². The van der Waals surface area contributed by atoms with Gasteiger partial charge in [0.25, 0.3) is 0 Å². The normalized spacial score (nSPS) is 25.9. The lowest BCUT2D eigenvalue weighted by molar-refractivity contribution is 0.170. The first-order valence-electron chi connectivity index (χ1n) is 5.79. The number of rotatable bonds is 1. The number of thiophene rings is 1. The molecule has 0 spiro atoms. The zero-order chi connectivity index (χ0) is 12.6. The van der Waals surface area contributed by atoms with Crippen LogP contribution in [-0.2, 0) is 0 Å². The molecule has 0 aliphatic carbocycles. The summed E-state index contributed by atoms with van der Waals surface area (Å²) in [6.07, 6.45) is 0.